The topological polar surface area (TPSA) is 49.8 Å². The van der Waals surface area contributed by atoms with E-state index in [4.69, 9.17) is 4.52 Å². The lowest BCUT2D eigenvalue weighted by atomic mass is 9.47. The summed E-state index contributed by atoms with van der Waals surface area (Å²) >= 11 is 0. The van der Waals surface area contributed by atoms with Gasteiger partial charge in [-0.05, 0) is 117 Å². The van der Waals surface area contributed by atoms with E-state index in [1.807, 2.05) is 0 Å². The first kappa shape index (κ1) is 32.4. The summed E-state index contributed by atoms with van der Waals surface area (Å²) in [6.45, 7) is 22.6. The van der Waals surface area contributed by atoms with Crippen LogP contribution in [0, 0.1) is 46.3 Å². The standard InChI is InChI=1S/C27H47O3P.C6H15N/c1-18(2)7-6-8-19(3)23-11-12-24-22-10-9-20-17-21(30-31(28)29)13-15-26(20,4)25(22)14-16-27(23,24)5;1-4-7(5-2)6-3/h9,18-19,21-25,31H,6-8,10-17H2,1-5H3,(H,28,29);4-6H2,1-3H3/t19-,21?,22?,23-,24?,25?,26+,27-;/m1./s1. The van der Waals surface area contributed by atoms with E-state index in [1.54, 1.807) is 0 Å². The molecule has 1 N–H and O–H groups in total. The van der Waals surface area contributed by atoms with Crippen molar-refractivity contribution in [2.24, 2.45) is 46.3 Å². The van der Waals surface area contributed by atoms with E-state index in [1.165, 1.54) is 76.6 Å². The normalized spacial score (nSPS) is 38.0. The summed E-state index contributed by atoms with van der Waals surface area (Å²) in [6.07, 6.45) is 16.5. The molecule has 9 atom stereocenters. The monoisotopic (exact) mass is 551 g/mol. The van der Waals surface area contributed by atoms with Gasteiger partial charge >= 0.3 is 8.25 Å². The highest BCUT2D eigenvalue weighted by molar-refractivity contribution is 7.32. The Bertz CT molecular complexity index is 790. The lowest BCUT2D eigenvalue weighted by Crippen LogP contribution is -2.50. The van der Waals surface area contributed by atoms with Gasteiger partial charge in [-0.25, -0.2) is 0 Å². The van der Waals surface area contributed by atoms with E-state index in [9.17, 15) is 9.46 Å². The Morgan fingerprint density at radius 3 is 2.26 bits per heavy atom. The number of hydrogen-bond donors (Lipinski definition) is 1. The Kier molecular flexibility index (Phi) is 12.1. The van der Waals surface area contributed by atoms with Crippen LogP contribution in [0.15, 0.2) is 11.6 Å². The van der Waals surface area contributed by atoms with Crippen LogP contribution in [-0.2, 0) is 9.09 Å². The van der Waals surface area contributed by atoms with Gasteiger partial charge in [0.15, 0.2) is 0 Å². The summed E-state index contributed by atoms with van der Waals surface area (Å²) in [6, 6.07) is 0. The van der Waals surface area contributed by atoms with Gasteiger partial charge in [0.1, 0.15) is 0 Å². The summed E-state index contributed by atoms with van der Waals surface area (Å²) in [4.78, 5) is 11.6. The fraction of sp³-hybridized carbons (Fsp3) is 0.939. The number of allylic oxidation sites excluding steroid dienone is 1. The zero-order valence-corrected chi connectivity index (χ0v) is 27.2. The van der Waals surface area contributed by atoms with Crippen LogP contribution in [0.5, 0.6) is 0 Å². The Hall–Kier alpha value is -0.150. The minimum Gasteiger partial charge on any atom is -0.326 e. The minimum atomic E-state index is -2.84. The molecule has 0 aromatic rings. The van der Waals surface area contributed by atoms with Crippen molar-refractivity contribution in [3.63, 3.8) is 0 Å². The molecular formula is C33H62NO3P. The first-order chi connectivity index (χ1) is 18.0. The third-order valence-corrected chi connectivity index (χ3v) is 12.4. The lowest BCUT2D eigenvalue weighted by Gasteiger charge is -2.58. The van der Waals surface area contributed by atoms with Crippen LogP contribution in [0.1, 0.15) is 126 Å². The predicted molar refractivity (Wildman–Crippen MR) is 163 cm³/mol. The van der Waals surface area contributed by atoms with Crippen LogP contribution in [0.25, 0.3) is 0 Å². The number of rotatable bonds is 10. The van der Waals surface area contributed by atoms with Crippen molar-refractivity contribution >= 4 is 8.25 Å². The van der Waals surface area contributed by atoms with Crippen LogP contribution >= 0.6 is 8.25 Å². The molecule has 0 heterocycles. The Morgan fingerprint density at radius 1 is 1.00 bits per heavy atom. The molecule has 5 heteroatoms. The quantitative estimate of drug-likeness (QED) is 0.217. The van der Waals surface area contributed by atoms with Crippen molar-refractivity contribution < 1.29 is 14.0 Å². The third kappa shape index (κ3) is 7.18. The van der Waals surface area contributed by atoms with Crippen molar-refractivity contribution in [3.8, 4) is 0 Å². The van der Waals surface area contributed by atoms with Gasteiger partial charge in [0, 0.05) is 0 Å². The van der Waals surface area contributed by atoms with Crippen LogP contribution in [0.3, 0.4) is 0 Å². The molecule has 38 heavy (non-hydrogen) atoms. The van der Waals surface area contributed by atoms with Gasteiger partial charge in [0.25, 0.3) is 0 Å². The SMILES string of the molecule is CC(C)CCC[C@@H](C)[C@H]1CCC2C3CC=C4CC(O[PH](=O)O)CC[C@]4(C)C3CC[C@@]21C.CCN(CC)CC. The van der Waals surface area contributed by atoms with Gasteiger partial charge in [-0.15, -0.1) is 0 Å². The largest absolute Gasteiger partial charge is 0.326 e. The highest BCUT2D eigenvalue weighted by Gasteiger charge is 2.59. The third-order valence-electron chi connectivity index (χ3n) is 11.9. The van der Waals surface area contributed by atoms with Crippen LogP contribution in [-0.4, -0.2) is 35.5 Å². The first-order valence-electron chi connectivity index (χ1n) is 16.3. The molecule has 222 valence electrons. The maximum atomic E-state index is 11.2. The first-order valence-corrected chi connectivity index (χ1v) is 17.6. The summed E-state index contributed by atoms with van der Waals surface area (Å²) in [5, 5.41) is 0. The van der Waals surface area contributed by atoms with E-state index in [2.05, 4.69) is 66.4 Å². The highest BCUT2D eigenvalue weighted by atomic mass is 31.1. The van der Waals surface area contributed by atoms with E-state index in [-0.39, 0.29) is 11.5 Å². The summed E-state index contributed by atoms with van der Waals surface area (Å²) in [7, 11) is -2.84. The zero-order valence-electron chi connectivity index (χ0n) is 26.2. The fourth-order valence-electron chi connectivity index (χ4n) is 9.57. The average molecular weight is 552 g/mol. The average Bonchev–Trinajstić information content (AvgIpc) is 3.22. The molecule has 3 saturated carbocycles. The summed E-state index contributed by atoms with van der Waals surface area (Å²) < 4.78 is 16.6. The van der Waals surface area contributed by atoms with Crippen LogP contribution in [0.4, 0.5) is 0 Å². The van der Waals surface area contributed by atoms with Crippen molar-refractivity contribution in [3.05, 3.63) is 11.6 Å². The van der Waals surface area contributed by atoms with Crippen molar-refractivity contribution in [1.29, 1.82) is 0 Å². The van der Waals surface area contributed by atoms with Gasteiger partial charge in [0.2, 0.25) is 0 Å². The number of fused-ring (bicyclic) bond motifs is 5. The maximum absolute atomic E-state index is 11.2. The molecule has 0 saturated heterocycles. The molecule has 0 radical (unpaired) electrons. The second kappa shape index (κ2) is 14.2. The molecule has 4 aliphatic carbocycles. The molecular weight excluding hydrogens is 489 g/mol. The second-order valence-corrected chi connectivity index (χ2v) is 14.9. The fourth-order valence-corrected chi connectivity index (χ4v) is 10.1. The Labute approximate surface area is 236 Å². The van der Waals surface area contributed by atoms with Crippen molar-refractivity contribution in [1.82, 2.24) is 4.90 Å². The summed E-state index contributed by atoms with van der Waals surface area (Å²) in [5.41, 5.74) is 2.36. The van der Waals surface area contributed by atoms with Gasteiger partial charge in [-0.2, -0.15) is 0 Å². The molecule has 0 aromatic heterocycles. The molecule has 0 bridgehead atoms. The highest BCUT2D eigenvalue weighted by Crippen LogP contribution is 2.67. The number of hydrogen-bond acceptors (Lipinski definition) is 3. The maximum Gasteiger partial charge on any atom is 0.316 e. The van der Waals surface area contributed by atoms with Gasteiger partial charge < -0.3 is 14.3 Å². The Morgan fingerprint density at radius 2 is 1.68 bits per heavy atom. The van der Waals surface area contributed by atoms with Crippen molar-refractivity contribution in [2.75, 3.05) is 19.6 Å². The molecule has 0 amide bonds. The molecule has 0 aromatic carbocycles. The summed E-state index contributed by atoms with van der Waals surface area (Å²) in [5.74, 6) is 5.14. The van der Waals surface area contributed by atoms with E-state index in [0.717, 1.165) is 54.8 Å². The van der Waals surface area contributed by atoms with E-state index >= 15 is 0 Å². The molecule has 4 nitrogen and oxygen atoms in total. The molecule has 0 spiro atoms. The van der Waals surface area contributed by atoms with Gasteiger partial charge in [-0.1, -0.05) is 86.3 Å². The molecule has 0 aliphatic heterocycles. The van der Waals surface area contributed by atoms with E-state index in [0.29, 0.717) is 5.41 Å². The lowest BCUT2D eigenvalue weighted by molar-refractivity contribution is -0.0560. The van der Waals surface area contributed by atoms with Gasteiger partial charge in [-0.3, -0.25) is 4.57 Å². The second-order valence-electron chi connectivity index (χ2n) is 14.2. The smallest absolute Gasteiger partial charge is 0.316 e. The van der Waals surface area contributed by atoms with Crippen molar-refractivity contribution in [2.45, 2.75) is 132 Å². The molecule has 3 fully saturated rings. The number of nitrogens with zero attached hydrogens (tertiary/aromatic N) is 1. The zero-order chi connectivity index (χ0) is 28.1. The van der Waals surface area contributed by atoms with Crippen LogP contribution < -0.4 is 0 Å². The molecule has 4 aliphatic rings. The Balaban J connectivity index is 0.000000505. The van der Waals surface area contributed by atoms with E-state index < -0.39 is 8.25 Å². The van der Waals surface area contributed by atoms with Crippen LogP contribution in [0.2, 0.25) is 0 Å². The molecule has 5 unspecified atom stereocenters. The predicted octanol–water partition coefficient (Wildman–Crippen LogP) is 9.14. The molecule has 4 rings (SSSR count). The minimum absolute atomic E-state index is 0.0522. The van der Waals surface area contributed by atoms with Gasteiger partial charge in [0.05, 0.1) is 6.10 Å².